The van der Waals surface area contributed by atoms with Crippen molar-refractivity contribution < 1.29 is 0 Å². The first-order valence-corrected chi connectivity index (χ1v) is 9.96. The number of fused-ring (bicyclic) bond motifs is 1. The number of H-pyrrole nitrogens is 1. The van der Waals surface area contributed by atoms with Crippen LogP contribution in [0.15, 0.2) is 61.4 Å². The Morgan fingerprint density at radius 2 is 1.97 bits per heavy atom. The number of pyridine rings is 1. The van der Waals surface area contributed by atoms with E-state index >= 15 is 0 Å². The van der Waals surface area contributed by atoms with Crippen LogP contribution in [0, 0.1) is 13.8 Å². The van der Waals surface area contributed by atoms with Gasteiger partial charge >= 0.3 is 0 Å². The van der Waals surface area contributed by atoms with Crippen molar-refractivity contribution in [2.45, 2.75) is 32.9 Å². The molecule has 0 amide bonds. The molecule has 0 aliphatic carbocycles. The van der Waals surface area contributed by atoms with E-state index < -0.39 is 0 Å². The quantitative estimate of drug-likeness (QED) is 0.582. The number of aromatic amines is 1. The van der Waals surface area contributed by atoms with Crippen LogP contribution in [-0.2, 0) is 13.0 Å². The summed E-state index contributed by atoms with van der Waals surface area (Å²) in [5.41, 5.74) is 8.43. The topological polar surface area (TPSA) is 62.6 Å². The molecule has 0 fully saturated rings. The van der Waals surface area contributed by atoms with E-state index in [1.165, 1.54) is 27.9 Å². The van der Waals surface area contributed by atoms with E-state index in [1.807, 2.05) is 23.3 Å². The fourth-order valence-electron chi connectivity index (χ4n) is 4.10. The van der Waals surface area contributed by atoms with E-state index in [4.69, 9.17) is 0 Å². The Kier molecular flexibility index (Phi) is 4.48. The van der Waals surface area contributed by atoms with Crippen LogP contribution >= 0.6 is 0 Å². The molecule has 1 aliphatic heterocycles. The molecule has 1 aliphatic rings. The fraction of sp³-hybridized carbons (Fsp3) is 0.261. The molecule has 5 rings (SSSR count). The van der Waals surface area contributed by atoms with Crippen molar-refractivity contribution in [2.24, 2.45) is 0 Å². The maximum atomic E-state index is 4.64. The molecule has 6 heteroatoms. The lowest BCUT2D eigenvalue weighted by molar-refractivity contribution is 0.200. The SMILES string of the molecule is Cc1ccc(-n2cc(CN3CCc4[nH]cnc4[C@@H]3c3ccncc3)cn2)cc1C. The summed E-state index contributed by atoms with van der Waals surface area (Å²) in [4.78, 5) is 14.6. The summed E-state index contributed by atoms with van der Waals surface area (Å²) in [5.74, 6) is 0. The minimum atomic E-state index is 0.123. The third-order valence-electron chi connectivity index (χ3n) is 5.82. The van der Waals surface area contributed by atoms with Crippen LogP contribution in [0.1, 0.15) is 39.7 Å². The number of aryl methyl sites for hydroxylation is 2. The van der Waals surface area contributed by atoms with Crippen LogP contribution in [0.25, 0.3) is 5.69 Å². The number of benzene rings is 1. The number of hydrogen-bond donors (Lipinski definition) is 1. The molecule has 3 aromatic heterocycles. The second-order valence-electron chi connectivity index (χ2n) is 7.73. The Morgan fingerprint density at radius 1 is 1.10 bits per heavy atom. The summed E-state index contributed by atoms with van der Waals surface area (Å²) in [6.07, 6.45) is 10.6. The van der Waals surface area contributed by atoms with E-state index in [9.17, 15) is 0 Å². The third kappa shape index (κ3) is 3.36. The highest BCUT2D eigenvalue weighted by Crippen LogP contribution is 2.34. The summed E-state index contributed by atoms with van der Waals surface area (Å²) in [6, 6.07) is 10.7. The number of hydrogen-bond acceptors (Lipinski definition) is 4. The van der Waals surface area contributed by atoms with E-state index in [0.29, 0.717) is 0 Å². The summed E-state index contributed by atoms with van der Waals surface area (Å²) in [5, 5.41) is 4.61. The van der Waals surface area contributed by atoms with Crippen molar-refractivity contribution in [3.8, 4) is 5.69 Å². The smallest absolute Gasteiger partial charge is 0.0926 e. The monoisotopic (exact) mass is 384 g/mol. The lowest BCUT2D eigenvalue weighted by Gasteiger charge is -2.34. The van der Waals surface area contributed by atoms with Gasteiger partial charge in [0, 0.05) is 49.4 Å². The molecular weight excluding hydrogens is 360 g/mol. The molecular formula is C23H24N6. The second kappa shape index (κ2) is 7.29. The molecule has 29 heavy (non-hydrogen) atoms. The maximum absolute atomic E-state index is 4.64. The largest absolute Gasteiger partial charge is 0.348 e. The van der Waals surface area contributed by atoms with Gasteiger partial charge in [0.25, 0.3) is 0 Å². The first-order valence-electron chi connectivity index (χ1n) is 9.96. The molecule has 6 nitrogen and oxygen atoms in total. The van der Waals surface area contributed by atoms with Crippen LogP contribution < -0.4 is 0 Å². The predicted octanol–water partition coefficient (Wildman–Crippen LogP) is 3.75. The van der Waals surface area contributed by atoms with Crippen LogP contribution in [0.5, 0.6) is 0 Å². The number of nitrogens with one attached hydrogen (secondary N) is 1. The summed E-state index contributed by atoms with van der Waals surface area (Å²) < 4.78 is 1.97. The van der Waals surface area contributed by atoms with Gasteiger partial charge in [0.2, 0.25) is 0 Å². The van der Waals surface area contributed by atoms with Gasteiger partial charge < -0.3 is 4.98 Å². The van der Waals surface area contributed by atoms with Gasteiger partial charge in [-0.2, -0.15) is 5.10 Å². The van der Waals surface area contributed by atoms with Gasteiger partial charge in [-0.1, -0.05) is 6.07 Å². The molecule has 1 aromatic carbocycles. The molecule has 146 valence electrons. The van der Waals surface area contributed by atoms with Crippen LogP contribution in [0.4, 0.5) is 0 Å². The molecule has 4 heterocycles. The molecule has 0 bridgehead atoms. The highest BCUT2D eigenvalue weighted by molar-refractivity contribution is 5.39. The first-order chi connectivity index (χ1) is 14.2. The van der Waals surface area contributed by atoms with Gasteiger partial charge in [-0.15, -0.1) is 0 Å². The molecule has 0 spiro atoms. The van der Waals surface area contributed by atoms with Crippen molar-refractivity contribution in [3.63, 3.8) is 0 Å². The van der Waals surface area contributed by atoms with Crippen LogP contribution in [0.2, 0.25) is 0 Å². The highest BCUT2D eigenvalue weighted by Gasteiger charge is 2.31. The van der Waals surface area contributed by atoms with Crippen molar-refractivity contribution >= 4 is 0 Å². The Hall–Kier alpha value is -3.25. The van der Waals surface area contributed by atoms with E-state index in [2.05, 4.69) is 75.3 Å². The lowest BCUT2D eigenvalue weighted by Crippen LogP contribution is -2.35. The molecule has 0 unspecified atom stereocenters. The lowest BCUT2D eigenvalue weighted by atomic mass is 9.96. The number of aromatic nitrogens is 5. The minimum absolute atomic E-state index is 0.123. The van der Waals surface area contributed by atoms with Crippen LogP contribution in [-0.4, -0.2) is 36.2 Å². The van der Waals surface area contributed by atoms with E-state index in [-0.39, 0.29) is 6.04 Å². The van der Waals surface area contributed by atoms with Gasteiger partial charge in [-0.05, 0) is 54.8 Å². The average Bonchev–Trinajstić information content (AvgIpc) is 3.40. The van der Waals surface area contributed by atoms with Gasteiger partial charge in [0.05, 0.1) is 29.9 Å². The fourth-order valence-corrected chi connectivity index (χ4v) is 4.10. The third-order valence-corrected chi connectivity index (χ3v) is 5.82. The predicted molar refractivity (Wildman–Crippen MR) is 112 cm³/mol. The normalized spacial score (nSPS) is 16.7. The van der Waals surface area contributed by atoms with Crippen molar-refractivity contribution in [1.82, 2.24) is 29.6 Å². The van der Waals surface area contributed by atoms with E-state index in [0.717, 1.165) is 30.9 Å². The summed E-state index contributed by atoms with van der Waals surface area (Å²) in [6.45, 7) is 6.06. The Morgan fingerprint density at radius 3 is 2.79 bits per heavy atom. The molecule has 1 atom stereocenters. The van der Waals surface area contributed by atoms with Crippen molar-refractivity contribution in [1.29, 1.82) is 0 Å². The Balaban J connectivity index is 1.44. The highest BCUT2D eigenvalue weighted by atomic mass is 15.3. The van der Waals surface area contributed by atoms with Crippen LogP contribution in [0.3, 0.4) is 0 Å². The van der Waals surface area contributed by atoms with E-state index in [1.54, 1.807) is 6.33 Å². The first kappa shape index (κ1) is 17.8. The molecule has 0 saturated carbocycles. The molecule has 0 radical (unpaired) electrons. The minimum Gasteiger partial charge on any atom is -0.348 e. The van der Waals surface area contributed by atoms with Gasteiger partial charge in [-0.3, -0.25) is 9.88 Å². The zero-order valence-electron chi connectivity index (χ0n) is 16.7. The zero-order valence-corrected chi connectivity index (χ0v) is 16.7. The van der Waals surface area contributed by atoms with Crippen molar-refractivity contribution in [3.05, 3.63) is 95.1 Å². The van der Waals surface area contributed by atoms with Crippen molar-refractivity contribution in [2.75, 3.05) is 6.54 Å². The van der Waals surface area contributed by atoms with Gasteiger partial charge in [0.1, 0.15) is 0 Å². The standard InChI is InChI=1S/C23H24N6/c1-16-3-4-20(11-17(16)2)29-14-18(12-27-29)13-28-10-7-21-22(26-15-25-21)23(28)19-5-8-24-9-6-19/h3-6,8-9,11-12,14-15,23H,7,10,13H2,1-2H3,(H,25,26)/t23-/m0/s1. The number of rotatable bonds is 4. The number of imidazole rings is 1. The maximum Gasteiger partial charge on any atom is 0.0926 e. The summed E-state index contributed by atoms with van der Waals surface area (Å²) >= 11 is 0. The van der Waals surface area contributed by atoms with Gasteiger partial charge in [-0.25, -0.2) is 9.67 Å². The second-order valence-corrected chi connectivity index (χ2v) is 7.73. The molecule has 0 saturated heterocycles. The van der Waals surface area contributed by atoms with Gasteiger partial charge in [0.15, 0.2) is 0 Å². The Bertz CT molecular complexity index is 1130. The number of nitrogens with zero attached hydrogens (tertiary/aromatic N) is 5. The average molecular weight is 384 g/mol. The summed E-state index contributed by atoms with van der Waals surface area (Å²) in [7, 11) is 0. The zero-order chi connectivity index (χ0) is 19.8. The molecule has 4 aromatic rings. The Labute approximate surface area is 170 Å². The molecule has 1 N–H and O–H groups in total.